The van der Waals surface area contributed by atoms with Crippen molar-refractivity contribution in [2.45, 2.75) is 13.8 Å². The second kappa shape index (κ2) is 5.02. The van der Waals surface area contributed by atoms with Gasteiger partial charge in [-0.15, -0.1) is 9.34 Å². The second-order valence-corrected chi connectivity index (χ2v) is 8.29. The van der Waals surface area contributed by atoms with Crippen molar-refractivity contribution in [3.8, 4) is 0 Å². The average molecular weight is 261 g/mol. The van der Waals surface area contributed by atoms with Crippen LogP contribution in [-0.4, -0.2) is 53.7 Å². The van der Waals surface area contributed by atoms with E-state index >= 15 is 0 Å². The first-order valence-electron chi connectivity index (χ1n) is 5.54. The molecule has 1 aliphatic rings. The highest BCUT2D eigenvalue weighted by Gasteiger charge is 2.54. The van der Waals surface area contributed by atoms with Crippen molar-refractivity contribution in [3.05, 3.63) is 12.7 Å². The Kier molecular flexibility index (Phi) is 4.31. The minimum Gasteiger partial charge on any atom is -0.420 e. The van der Waals surface area contributed by atoms with Crippen molar-refractivity contribution in [3.63, 3.8) is 0 Å². The summed E-state index contributed by atoms with van der Waals surface area (Å²) in [5.74, 6) is -0.495. The molecule has 1 heterocycles. The molecule has 17 heavy (non-hydrogen) atoms. The van der Waals surface area contributed by atoms with E-state index in [0.717, 1.165) is 19.2 Å². The molecular formula is C11H22N2O3P+. The zero-order chi connectivity index (χ0) is 13.3. The van der Waals surface area contributed by atoms with Gasteiger partial charge in [-0.05, 0) is 5.41 Å². The van der Waals surface area contributed by atoms with Gasteiger partial charge in [0.1, 0.15) is 0 Å². The molecule has 98 valence electrons. The van der Waals surface area contributed by atoms with Crippen LogP contribution in [-0.2, 0) is 9.53 Å². The molecule has 0 aromatic heterocycles. The Morgan fingerprint density at radius 3 is 2.35 bits per heavy atom. The van der Waals surface area contributed by atoms with Gasteiger partial charge in [0.15, 0.2) is 0 Å². The van der Waals surface area contributed by atoms with E-state index in [2.05, 4.69) is 20.4 Å². The molecule has 1 saturated heterocycles. The molecule has 1 fully saturated rings. The lowest BCUT2D eigenvalue weighted by molar-refractivity contribution is -0.136. The smallest absolute Gasteiger partial charge is 0.333 e. The van der Waals surface area contributed by atoms with E-state index in [-0.39, 0.29) is 11.8 Å². The SMILES string of the molecule is C=CC(=O)OC[P+]1(O)N(C)CC(C)(C)CN1C. The molecule has 6 heteroatoms. The van der Waals surface area contributed by atoms with Crippen LogP contribution in [0.5, 0.6) is 0 Å². The Hall–Kier alpha value is -0.480. The molecule has 0 atom stereocenters. The second-order valence-electron chi connectivity index (χ2n) is 5.28. The number of nitrogens with zero attached hydrogens (tertiary/aromatic N) is 2. The van der Waals surface area contributed by atoms with Crippen LogP contribution in [0.15, 0.2) is 12.7 Å². The van der Waals surface area contributed by atoms with Crippen LogP contribution >= 0.6 is 7.79 Å². The van der Waals surface area contributed by atoms with Crippen LogP contribution in [0.1, 0.15) is 13.8 Å². The summed E-state index contributed by atoms with van der Waals surface area (Å²) < 4.78 is 8.82. The van der Waals surface area contributed by atoms with Gasteiger partial charge in [0.05, 0.1) is 0 Å². The van der Waals surface area contributed by atoms with Gasteiger partial charge >= 0.3 is 13.8 Å². The van der Waals surface area contributed by atoms with Gasteiger partial charge in [0, 0.05) is 33.3 Å². The summed E-state index contributed by atoms with van der Waals surface area (Å²) in [5.41, 5.74) is 0.123. The molecule has 0 spiro atoms. The van der Waals surface area contributed by atoms with Crippen molar-refractivity contribution in [1.82, 2.24) is 9.34 Å². The van der Waals surface area contributed by atoms with Crippen molar-refractivity contribution in [2.24, 2.45) is 5.41 Å². The third-order valence-electron chi connectivity index (χ3n) is 2.95. The maximum Gasteiger partial charge on any atom is 0.333 e. The predicted molar refractivity (Wildman–Crippen MR) is 69.3 cm³/mol. The molecule has 1 aliphatic heterocycles. The van der Waals surface area contributed by atoms with Gasteiger partial charge < -0.3 is 4.74 Å². The van der Waals surface area contributed by atoms with Gasteiger partial charge in [-0.1, -0.05) is 20.4 Å². The molecule has 0 aromatic carbocycles. The van der Waals surface area contributed by atoms with Crippen molar-refractivity contribution < 1.29 is 14.4 Å². The lowest BCUT2D eigenvalue weighted by Gasteiger charge is -2.44. The lowest BCUT2D eigenvalue weighted by atomic mass is 9.93. The van der Waals surface area contributed by atoms with Crippen molar-refractivity contribution in [1.29, 1.82) is 0 Å². The number of hydrogen-bond donors (Lipinski definition) is 1. The predicted octanol–water partition coefficient (Wildman–Crippen LogP) is 1.33. The molecular weight excluding hydrogens is 239 g/mol. The number of carbonyl (C=O) groups excluding carboxylic acids is 1. The summed E-state index contributed by atoms with van der Waals surface area (Å²) in [6, 6.07) is 0. The molecule has 1 rings (SSSR count). The number of carbonyl (C=O) groups is 1. The maximum atomic E-state index is 11.1. The Morgan fingerprint density at radius 2 is 1.94 bits per heavy atom. The fourth-order valence-corrected chi connectivity index (χ4v) is 4.62. The average Bonchev–Trinajstić information content (AvgIpc) is 2.21. The minimum absolute atomic E-state index is 0.0287. The standard InChI is InChI=1S/C11H22N2O3P/c1-6-10(14)16-9-17(15)12(4)7-11(2,3)8-13(17)5/h6,15H,1,7-9H2,2-5H3/q+1. The van der Waals surface area contributed by atoms with E-state index in [1.807, 2.05) is 23.4 Å². The summed E-state index contributed by atoms with van der Waals surface area (Å²) >= 11 is 0. The highest BCUT2D eigenvalue weighted by Crippen LogP contribution is 2.63. The summed E-state index contributed by atoms with van der Waals surface area (Å²) in [6.45, 7) is 9.21. The fourth-order valence-electron chi connectivity index (χ4n) is 2.18. The number of ether oxygens (including phenoxy) is 1. The highest BCUT2D eigenvalue weighted by molar-refractivity contribution is 7.65. The molecule has 0 aliphatic carbocycles. The quantitative estimate of drug-likeness (QED) is 0.472. The normalized spacial score (nSPS) is 24.3. The van der Waals surface area contributed by atoms with E-state index < -0.39 is 13.8 Å². The molecule has 0 amide bonds. The molecule has 0 unspecified atom stereocenters. The van der Waals surface area contributed by atoms with Gasteiger partial charge in [-0.25, -0.2) is 9.69 Å². The fraction of sp³-hybridized carbons (Fsp3) is 0.727. The van der Waals surface area contributed by atoms with Gasteiger partial charge in [-0.2, -0.15) is 0 Å². The molecule has 5 nitrogen and oxygen atoms in total. The van der Waals surface area contributed by atoms with Crippen LogP contribution in [0, 0.1) is 5.41 Å². The Balaban J connectivity index is 2.73. The summed E-state index contributed by atoms with van der Waals surface area (Å²) in [6.07, 6.45) is 1.14. The van der Waals surface area contributed by atoms with Gasteiger partial charge in [-0.3, -0.25) is 0 Å². The monoisotopic (exact) mass is 261 g/mol. The van der Waals surface area contributed by atoms with Crippen LogP contribution < -0.4 is 0 Å². The largest absolute Gasteiger partial charge is 0.420 e. The third-order valence-corrected chi connectivity index (χ3v) is 5.90. The minimum atomic E-state index is -2.52. The van der Waals surface area contributed by atoms with Crippen molar-refractivity contribution >= 4 is 13.8 Å². The molecule has 0 bridgehead atoms. The third kappa shape index (κ3) is 3.26. The lowest BCUT2D eigenvalue weighted by Crippen LogP contribution is -2.49. The van der Waals surface area contributed by atoms with Crippen LogP contribution in [0.25, 0.3) is 0 Å². The van der Waals surface area contributed by atoms with Gasteiger partial charge in [0.2, 0.25) is 0 Å². The first-order chi connectivity index (χ1) is 7.71. The van der Waals surface area contributed by atoms with Gasteiger partial charge in [0.25, 0.3) is 6.35 Å². The van der Waals surface area contributed by atoms with E-state index in [0.29, 0.717) is 0 Å². The first-order valence-corrected chi connectivity index (χ1v) is 7.38. The van der Waals surface area contributed by atoms with E-state index in [9.17, 15) is 9.69 Å². The molecule has 0 saturated carbocycles. The number of hydrogen-bond acceptors (Lipinski definition) is 5. The summed E-state index contributed by atoms with van der Waals surface area (Å²) in [4.78, 5) is 21.7. The number of esters is 1. The highest BCUT2D eigenvalue weighted by atomic mass is 31.2. The van der Waals surface area contributed by atoms with Crippen molar-refractivity contribution in [2.75, 3.05) is 33.5 Å². The number of rotatable bonds is 3. The molecule has 1 N–H and O–H groups in total. The van der Waals surface area contributed by atoms with Crippen LogP contribution in [0.2, 0.25) is 0 Å². The zero-order valence-electron chi connectivity index (χ0n) is 11.0. The Morgan fingerprint density at radius 1 is 1.47 bits per heavy atom. The van der Waals surface area contributed by atoms with E-state index in [4.69, 9.17) is 4.74 Å². The summed E-state index contributed by atoms with van der Waals surface area (Å²) in [5, 5.41) is 0. The first kappa shape index (κ1) is 14.6. The van der Waals surface area contributed by atoms with Crippen LogP contribution in [0.3, 0.4) is 0 Å². The topological polar surface area (TPSA) is 53.0 Å². The Bertz CT molecular complexity index is 306. The Labute approximate surface area is 104 Å². The van der Waals surface area contributed by atoms with E-state index in [1.165, 1.54) is 0 Å². The maximum absolute atomic E-state index is 11.1. The molecule has 0 radical (unpaired) electrons. The van der Waals surface area contributed by atoms with E-state index in [1.54, 1.807) is 0 Å². The van der Waals surface area contributed by atoms with Crippen LogP contribution in [0.4, 0.5) is 0 Å². The zero-order valence-corrected chi connectivity index (χ0v) is 11.9. The summed E-state index contributed by atoms with van der Waals surface area (Å²) in [7, 11) is 1.22. The molecule has 0 aromatic rings.